The van der Waals surface area contributed by atoms with E-state index in [0.29, 0.717) is 0 Å². The lowest BCUT2D eigenvalue weighted by Crippen LogP contribution is -2.33. The van der Waals surface area contributed by atoms with Crippen molar-refractivity contribution in [3.8, 4) is 0 Å². The quantitative estimate of drug-likeness (QED) is 0.847. The molecule has 108 valence electrons. The summed E-state index contributed by atoms with van der Waals surface area (Å²) in [6.45, 7) is 3.90. The van der Waals surface area contributed by atoms with Crippen LogP contribution in [0.25, 0.3) is 0 Å². The van der Waals surface area contributed by atoms with E-state index in [1.807, 2.05) is 33.0 Å². The molecule has 21 heavy (non-hydrogen) atoms. The van der Waals surface area contributed by atoms with Gasteiger partial charge in [0.15, 0.2) is 0 Å². The summed E-state index contributed by atoms with van der Waals surface area (Å²) < 4.78 is 0. The van der Waals surface area contributed by atoms with E-state index in [4.69, 9.17) is 0 Å². The molecule has 5 heteroatoms. The highest BCUT2D eigenvalue weighted by molar-refractivity contribution is 6.12. The van der Waals surface area contributed by atoms with E-state index in [-0.39, 0.29) is 23.7 Å². The smallest absolute Gasteiger partial charge is 0.243 e. The van der Waals surface area contributed by atoms with Crippen LogP contribution < -0.4 is 10.3 Å². The first-order valence-electron chi connectivity index (χ1n) is 7.22. The molecule has 0 spiro atoms. The van der Waals surface area contributed by atoms with Crippen molar-refractivity contribution in [2.45, 2.75) is 25.7 Å². The lowest BCUT2D eigenvalue weighted by atomic mass is 9.84. The van der Waals surface area contributed by atoms with Crippen molar-refractivity contribution in [3.05, 3.63) is 29.3 Å². The summed E-state index contributed by atoms with van der Waals surface area (Å²) in [7, 11) is 1.81. The molecule has 3 aliphatic rings. The molecule has 2 unspecified atom stereocenters. The zero-order valence-corrected chi connectivity index (χ0v) is 12.3. The first-order valence-corrected chi connectivity index (χ1v) is 7.22. The Morgan fingerprint density at radius 1 is 1.29 bits per heavy atom. The first kappa shape index (κ1) is 12.6. The van der Waals surface area contributed by atoms with Crippen molar-refractivity contribution in [2.24, 2.45) is 16.9 Å². The predicted molar refractivity (Wildman–Crippen MR) is 79.2 cm³/mol. The molecule has 1 N–H and O–H groups in total. The van der Waals surface area contributed by atoms with Gasteiger partial charge in [-0.3, -0.25) is 9.59 Å². The highest BCUT2D eigenvalue weighted by Gasteiger charge is 2.50. The van der Waals surface area contributed by atoms with Crippen molar-refractivity contribution in [2.75, 3.05) is 11.9 Å². The maximum Gasteiger partial charge on any atom is 0.243 e. The highest BCUT2D eigenvalue weighted by atomic mass is 16.2. The second-order valence-electron chi connectivity index (χ2n) is 6.64. The number of hydrazone groups is 1. The summed E-state index contributed by atoms with van der Waals surface area (Å²) in [6.07, 6.45) is 0.879. The van der Waals surface area contributed by atoms with Gasteiger partial charge in [-0.25, -0.2) is 5.43 Å². The Balaban J connectivity index is 1.80. The van der Waals surface area contributed by atoms with Crippen LogP contribution in [0.2, 0.25) is 0 Å². The maximum absolute atomic E-state index is 12.3. The van der Waals surface area contributed by atoms with E-state index in [0.717, 1.165) is 28.9 Å². The molecule has 1 aromatic carbocycles. The van der Waals surface area contributed by atoms with Crippen LogP contribution in [0, 0.1) is 11.8 Å². The molecule has 0 radical (unpaired) electrons. The van der Waals surface area contributed by atoms with E-state index >= 15 is 0 Å². The molecular weight excluding hydrogens is 266 g/mol. The van der Waals surface area contributed by atoms with Crippen LogP contribution in [-0.4, -0.2) is 24.6 Å². The number of amides is 2. The number of carbonyl (C=O) groups is 2. The second kappa shape index (κ2) is 3.72. The Morgan fingerprint density at radius 2 is 2.05 bits per heavy atom. The van der Waals surface area contributed by atoms with Crippen LogP contribution in [-0.2, 0) is 15.0 Å². The van der Waals surface area contributed by atoms with Gasteiger partial charge in [0.2, 0.25) is 11.8 Å². The van der Waals surface area contributed by atoms with Gasteiger partial charge in [-0.15, -0.1) is 0 Å². The van der Waals surface area contributed by atoms with Crippen LogP contribution in [0.1, 0.15) is 31.4 Å². The third-order valence-corrected chi connectivity index (χ3v) is 4.93. The minimum Gasteiger partial charge on any atom is -0.314 e. The number of nitrogens with zero attached hydrogens (tertiary/aromatic N) is 2. The summed E-state index contributed by atoms with van der Waals surface area (Å²) in [5, 5.41) is 4.23. The van der Waals surface area contributed by atoms with Gasteiger partial charge in [0.25, 0.3) is 0 Å². The monoisotopic (exact) mass is 283 g/mol. The number of benzene rings is 1. The summed E-state index contributed by atoms with van der Waals surface area (Å²) in [4.78, 5) is 25.6. The zero-order chi connectivity index (χ0) is 14.9. The molecular formula is C16H17N3O2. The number of likely N-dealkylation sites (N-methyl/N-ethyl adjacent to an activating group) is 1. The normalized spacial score (nSPS) is 28.7. The largest absolute Gasteiger partial charge is 0.314 e. The molecule has 0 aromatic heterocycles. The molecule has 1 saturated carbocycles. The average molecular weight is 283 g/mol. The van der Waals surface area contributed by atoms with Gasteiger partial charge in [-0.2, -0.15) is 5.10 Å². The van der Waals surface area contributed by atoms with E-state index in [1.54, 1.807) is 4.90 Å². The van der Waals surface area contributed by atoms with Crippen LogP contribution in [0.3, 0.4) is 0 Å². The summed E-state index contributed by atoms with van der Waals surface area (Å²) in [5.74, 6) is 0.468. The fourth-order valence-corrected chi connectivity index (χ4v) is 3.48. The number of nitrogens with one attached hydrogen (secondary N) is 1. The second-order valence-corrected chi connectivity index (χ2v) is 6.64. The molecule has 2 atom stereocenters. The van der Waals surface area contributed by atoms with Gasteiger partial charge < -0.3 is 4.90 Å². The van der Waals surface area contributed by atoms with Crippen LogP contribution in [0.5, 0.6) is 0 Å². The number of anilines is 1. The Hall–Kier alpha value is -2.17. The molecule has 2 heterocycles. The lowest BCUT2D eigenvalue weighted by molar-refractivity contribution is -0.123. The number of fused-ring (bicyclic) bond motifs is 2. The molecule has 1 aromatic rings. The summed E-state index contributed by atoms with van der Waals surface area (Å²) >= 11 is 0. The van der Waals surface area contributed by atoms with Crippen molar-refractivity contribution >= 4 is 23.2 Å². The number of rotatable bonds is 1. The molecule has 5 nitrogen and oxygen atoms in total. The van der Waals surface area contributed by atoms with Crippen LogP contribution in [0.15, 0.2) is 23.3 Å². The maximum atomic E-state index is 12.3. The molecule has 0 bridgehead atoms. The standard InChI is InChI=1S/C16H17N3O2/c1-16(2)11-6-8(4-5-12(11)19(3)15(16)21)13-9-7-10(9)14(20)18-17-13/h4-6,9-10H,7H2,1-3H3,(H,18,20). The van der Waals surface area contributed by atoms with Crippen molar-refractivity contribution in [3.63, 3.8) is 0 Å². The molecule has 1 aliphatic carbocycles. The lowest BCUT2D eigenvalue weighted by Gasteiger charge is -2.17. The third-order valence-electron chi connectivity index (χ3n) is 4.93. The zero-order valence-electron chi connectivity index (χ0n) is 12.3. The topological polar surface area (TPSA) is 61.8 Å². The minimum atomic E-state index is -0.512. The highest BCUT2D eigenvalue weighted by Crippen LogP contribution is 2.45. The van der Waals surface area contributed by atoms with Gasteiger partial charge in [-0.1, -0.05) is 6.07 Å². The number of hydrogen-bond acceptors (Lipinski definition) is 3. The van der Waals surface area contributed by atoms with E-state index in [1.165, 1.54) is 0 Å². The van der Waals surface area contributed by atoms with Gasteiger partial charge >= 0.3 is 0 Å². The van der Waals surface area contributed by atoms with Crippen LogP contribution >= 0.6 is 0 Å². The molecule has 0 saturated heterocycles. The molecule has 1 fully saturated rings. The fraction of sp³-hybridized carbons (Fsp3) is 0.438. The Morgan fingerprint density at radius 3 is 2.81 bits per heavy atom. The Labute approximate surface area is 123 Å². The molecule has 4 rings (SSSR count). The Kier molecular flexibility index (Phi) is 2.23. The average Bonchev–Trinajstić information content (AvgIpc) is 3.24. The van der Waals surface area contributed by atoms with Gasteiger partial charge in [-0.05, 0) is 43.5 Å². The third kappa shape index (κ3) is 1.54. The van der Waals surface area contributed by atoms with Crippen molar-refractivity contribution in [1.82, 2.24) is 5.43 Å². The van der Waals surface area contributed by atoms with E-state index in [9.17, 15) is 9.59 Å². The fourth-order valence-electron chi connectivity index (χ4n) is 3.48. The molecule has 2 amide bonds. The molecule has 2 aliphatic heterocycles. The number of hydrogen-bond donors (Lipinski definition) is 1. The van der Waals surface area contributed by atoms with Gasteiger partial charge in [0, 0.05) is 24.6 Å². The summed E-state index contributed by atoms with van der Waals surface area (Å²) in [6, 6.07) is 6.03. The summed E-state index contributed by atoms with van der Waals surface area (Å²) in [5.41, 5.74) is 6.03. The van der Waals surface area contributed by atoms with Gasteiger partial charge in [0.05, 0.1) is 11.1 Å². The van der Waals surface area contributed by atoms with Crippen LogP contribution in [0.4, 0.5) is 5.69 Å². The van der Waals surface area contributed by atoms with Crippen molar-refractivity contribution in [1.29, 1.82) is 0 Å². The minimum absolute atomic E-state index is 0.0279. The SMILES string of the molecule is CN1C(=O)C(C)(C)c2cc(C3=NNC(=O)C4CC34)ccc21. The first-order chi connectivity index (χ1) is 9.91. The van der Waals surface area contributed by atoms with Crippen molar-refractivity contribution < 1.29 is 9.59 Å². The van der Waals surface area contributed by atoms with E-state index in [2.05, 4.69) is 16.6 Å². The van der Waals surface area contributed by atoms with Gasteiger partial charge in [0.1, 0.15) is 0 Å². The van der Waals surface area contributed by atoms with E-state index < -0.39 is 5.41 Å². The Bertz CT molecular complexity index is 720. The predicted octanol–water partition coefficient (Wildman–Crippen LogP) is 1.41. The number of carbonyl (C=O) groups excluding carboxylic acids is 2.